The van der Waals surface area contributed by atoms with Gasteiger partial charge in [0, 0.05) is 51.9 Å². The zero-order chi connectivity index (χ0) is 25.6. The summed E-state index contributed by atoms with van der Waals surface area (Å²) in [5.41, 5.74) is 5.09. The van der Waals surface area contributed by atoms with E-state index in [-0.39, 0.29) is 23.8 Å². The van der Waals surface area contributed by atoms with Crippen molar-refractivity contribution in [2.75, 3.05) is 59.2 Å². The maximum atomic E-state index is 13.1. The first-order valence-corrected chi connectivity index (χ1v) is 13.5. The molecule has 1 aliphatic heterocycles. The van der Waals surface area contributed by atoms with E-state index >= 15 is 0 Å². The SMILES string of the molecule is COc1cc(C)c(S(=O)(=O)N(C)CCC(=O)NCCNc2ccc3c(c2)CCN(C)CC3)c(C)c1. The second-order valence-electron chi connectivity index (χ2n) is 9.23. The van der Waals surface area contributed by atoms with E-state index in [1.165, 1.54) is 22.5 Å². The van der Waals surface area contributed by atoms with Crippen LogP contribution < -0.4 is 15.4 Å². The molecule has 0 bridgehead atoms. The summed E-state index contributed by atoms with van der Waals surface area (Å²) >= 11 is 0. The largest absolute Gasteiger partial charge is 0.497 e. The molecule has 9 heteroatoms. The van der Waals surface area contributed by atoms with Crippen molar-refractivity contribution in [2.45, 2.75) is 38.0 Å². The van der Waals surface area contributed by atoms with E-state index in [4.69, 9.17) is 4.74 Å². The molecule has 8 nitrogen and oxygen atoms in total. The molecule has 0 saturated carbocycles. The standard InChI is InChI=1S/C26H38N4O4S/c1-19-16-24(34-5)17-20(2)26(19)35(32,33)30(4)15-10-25(31)28-12-11-27-23-7-6-21-8-13-29(3)14-9-22(21)18-23/h6-7,16-18,27H,8-15H2,1-5H3,(H,28,31). The Bertz CT molecular complexity index is 1130. The average molecular weight is 503 g/mol. The van der Waals surface area contributed by atoms with Crippen LogP contribution in [-0.4, -0.2) is 77.5 Å². The Hall–Kier alpha value is -2.62. The highest BCUT2D eigenvalue weighted by atomic mass is 32.2. The molecule has 2 N–H and O–H groups in total. The number of rotatable bonds is 10. The lowest BCUT2D eigenvalue weighted by molar-refractivity contribution is -0.121. The van der Waals surface area contributed by atoms with Crippen molar-refractivity contribution in [1.29, 1.82) is 0 Å². The zero-order valence-electron chi connectivity index (χ0n) is 21.5. The third-order valence-corrected chi connectivity index (χ3v) is 8.66. The molecule has 192 valence electrons. The number of carbonyl (C=O) groups excluding carboxylic acids is 1. The van der Waals surface area contributed by atoms with Crippen molar-refractivity contribution >= 4 is 21.6 Å². The van der Waals surface area contributed by atoms with Crippen molar-refractivity contribution in [3.05, 3.63) is 52.6 Å². The fraction of sp³-hybridized carbons (Fsp3) is 0.500. The van der Waals surface area contributed by atoms with E-state index in [0.29, 0.717) is 30.0 Å². The van der Waals surface area contributed by atoms with E-state index in [9.17, 15) is 13.2 Å². The molecule has 0 unspecified atom stereocenters. The zero-order valence-corrected chi connectivity index (χ0v) is 22.3. The van der Waals surface area contributed by atoms with Crippen LogP contribution in [0.1, 0.15) is 28.7 Å². The lowest BCUT2D eigenvalue weighted by atomic mass is 10.0. The van der Waals surface area contributed by atoms with Gasteiger partial charge in [0.05, 0.1) is 12.0 Å². The third-order valence-electron chi connectivity index (χ3n) is 6.50. The topological polar surface area (TPSA) is 91.0 Å². The number of sulfonamides is 1. The summed E-state index contributed by atoms with van der Waals surface area (Å²) in [6.45, 7) is 6.81. The van der Waals surface area contributed by atoms with Crippen LogP contribution >= 0.6 is 0 Å². The van der Waals surface area contributed by atoms with Gasteiger partial charge in [0.25, 0.3) is 0 Å². The number of nitrogens with one attached hydrogen (secondary N) is 2. The molecule has 1 heterocycles. The second kappa shape index (κ2) is 11.9. The van der Waals surface area contributed by atoms with Crippen molar-refractivity contribution in [1.82, 2.24) is 14.5 Å². The van der Waals surface area contributed by atoms with Gasteiger partial charge >= 0.3 is 0 Å². The quantitative estimate of drug-likeness (QED) is 0.486. The van der Waals surface area contributed by atoms with Gasteiger partial charge in [0.2, 0.25) is 15.9 Å². The predicted octanol–water partition coefficient (Wildman–Crippen LogP) is 2.58. The Morgan fingerprint density at radius 1 is 1.06 bits per heavy atom. The summed E-state index contributed by atoms with van der Waals surface area (Å²) in [6, 6.07) is 9.90. The number of aryl methyl sites for hydroxylation is 2. The first-order chi connectivity index (χ1) is 16.6. The fourth-order valence-electron chi connectivity index (χ4n) is 4.41. The van der Waals surface area contributed by atoms with Gasteiger partial charge < -0.3 is 20.3 Å². The fourth-order valence-corrected chi connectivity index (χ4v) is 5.99. The number of hydrogen-bond donors (Lipinski definition) is 2. The second-order valence-corrected chi connectivity index (χ2v) is 11.2. The highest BCUT2D eigenvalue weighted by molar-refractivity contribution is 7.89. The van der Waals surface area contributed by atoms with E-state index in [1.54, 1.807) is 33.1 Å². The predicted molar refractivity (Wildman–Crippen MR) is 140 cm³/mol. The number of benzene rings is 2. The van der Waals surface area contributed by atoms with E-state index < -0.39 is 10.0 Å². The normalized spacial score (nSPS) is 14.3. The lowest BCUT2D eigenvalue weighted by Gasteiger charge is -2.20. The molecular weight excluding hydrogens is 464 g/mol. The molecule has 1 aliphatic rings. The monoisotopic (exact) mass is 502 g/mol. The average Bonchev–Trinajstić information content (AvgIpc) is 3.00. The molecule has 0 aliphatic carbocycles. The third kappa shape index (κ3) is 6.96. The van der Waals surface area contributed by atoms with E-state index in [2.05, 4.69) is 40.8 Å². The molecule has 0 aromatic heterocycles. The van der Waals surface area contributed by atoms with E-state index in [1.807, 2.05) is 0 Å². The first kappa shape index (κ1) is 27.0. The number of likely N-dealkylation sites (N-methyl/N-ethyl adjacent to an activating group) is 1. The number of carbonyl (C=O) groups is 1. The minimum atomic E-state index is -3.71. The number of ether oxygens (including phenoxy) is 1. The van der Waals surface area contributed by atoms with Crippen molar-refractivity contribution in [2.24, 2.45) is 0 Å². The van der Waals surface area contributed by atoms with Gasteiger partial charge in [-0.25, -0.2) is 12.7 Å². The number of hydrogen-bond acceptors (Lipinski definition) is 6. The highest BCUT2D eigenvalue weighted by Crippen LogP contribution is 2.27. The van der Waals surface area contributed by atoms with Crippen LogP contribution in [0.3, 0.4) is 0 Å². The molecular formula is C26H38N4O4S. The van der Waals surface area contributed by atoms with Crippen LogP contribution in [-0.2, 0) is 27.7 Å². The van der Waals surface area contributed by atoms with Crippen molar-refractivity contribution in [3.8, 4) is 5.75 Å². The van der Waals surface area contributed by atoms with Crippen LogP contribution in [0.15, 0.2) is 35.2 Å². The van der Waals surface area contributed by atoms with Gasteiger partial charge in [-0.3, -0.25) is 4.79 Å². The molecule has 0 radical (unpaired) electrons. The summed E-state index contributed by atoms with van der Waals surface area (Å²) in [5.74, 6) is 0.440. The molecule has 0 spiro atoms. The minimum absolute atomic E-state index is 0.0936. The van der Waals surface area contributed by atoms with Crippen molar-refractivity contribution < 1.29 is 17.9 Å². The molecule has 1 amide bonds. The number of fused-ring (bicyclic) bond motifs is 1. The van der Waals surface area contributed by atoms with Crippen LogP contribution in [0.2, 0.25) is 0 Å². The summed E-state index contributed by atoms with van der Waals surface area (Å²) in [4.78, 5) is 14.9. The maximum Gasteiger partial charge on any atom is 0.243 e. The van der Waals surface area contributed by atoms with Gasteiger partial charge in [0.1, 0.15) is 5.75 Å². The summed E-state index contributed by atoms with van der Waals surface area (Å²) in [7, 11) is 1.50. The molecule has 2 aromatic carbocycles. The number of amides is 1. The Morgan fingerprint density at radius 2 is 1.71 bits per heavy atom. The van der Waals surface area contributed by atoms with Gasteiger partial charge in [-0.1, -0.05) is 6.07 Å². The maximum absolute atomic E-state index is 13.1. The smallest absolute Gasteiger partial charge is 0.243 e. The van der Waals surface area contributed by atoms with Gasteiger partial charge in [-0.2, -0.15) is 0 Å². The van der Waals surface area contributed by atoms with Crippen LogP contribution in [0.4, 0.5) is 5.69 Å². The Balaban J connectivity index is 1.45. The molecule has 2 aromatic rings. The molecule has 0 atom stereocenters. The van der Waals surface area contributed by atoms with E-state index in [0.717, 1.165) is 31.6 Å². The molecule has 0 fully saturated rings. The minimum Gasteiger partial charge on any atom is -0.497 e. The highest BCUT2D eigenvalue weighted by Gasteiger charge is 2.25. The lowest BCUT2D eigenvalue weighted by Crippen LogP contribution is -2.34. The number of nitrogens with zero attached hydrogens (tertiary/aromatic N) is 2. The van der Waals surface area contributed by atoms with Crippen LogP contribution in [0, 0.1) is 13.8 Å². The first-order valence-electron chi connectivity index (χ1n) is 12.0. The Morgan fingerprint density at radius 3 is 2.37 bits per heavy atom. The van der Waals surface area contributed by atoms with Gasteiger partial charge in [-0.15, -0.1) is 0 Å². The number of anilines is 1. The molecule has 3 rings (SSSR count). The summed E-state index contributed by atoms with van der Waals surface area (Å²) in [5, 5.41) is 6.24. The molecule has 35 heavy (non-hydrogen) atoms. The molecule has 0 saturated heterocycles. The van der Waals surface area contributed by atoms with Crippen molar-refractivity contribution in [3.63, 3.8) is 0 Å². The van der Waals surface area contributed by atoms with Crippen LogP contribution in [0.5, 0.6) is 5.75 Å². The summed E-state index contributed by atoms with van der Waals surface area (Å²) in [6.07, 6.45) is 2.21. The van der Waals surface area contributed by atoms with Crippen LogP contribution in [0.25, 0.3) is 0 Å². The summed E-state index contributed by atoms with van der Waals surface area (Å²) < 4.78 is 32.6. The number of methoxy groups -OCH3 is 1. The van der Waals surface area contributed by atoms with Gasteiger partial charge in [-0.05, 0) is 80.3 Å². The Labute approximate surface area is 209 Å². The van der Waals surface area contributed by atoms with Gasteiger partial charge in [0.15, 0.2) is 0 Å². The Kier molecular flexibility index (Phi) is 9.15.